The third-order valence-corrected chi connectivity index (χ3v) is 12.0. The van der Waals surface area contributed by atoms with Crippen LogP contribution in [0.4, 0.5) is 0 Å². The van der Waals surface area contributed by atoms with E-state index in [4.69, 9.17) is 4.74 Å². The van der Waals surface area contributed by atoms with E-state index in [2.05, 4.69) is 170 Å². The third kappa shape index (κ3) is 3.94. The number of allylic oxidation sites excluding steroid dienone is 2. The molecule has 11 rings (SSSR count). The van der Waals surface area contributed by atoms with E-state index < -0.39 is 0 Å². The Hall–Kier alpha value is -5.96. The summed E-state index contributed by atoms with van der Waals surface area (Å²) in [7, 11) is 0. The topological polar surface area (TPSA) is 9.23 Å². The van der Waals surface area contributed by atoms with Crippen molar-refractivity contribution in [3.63, 3.8) is 0 Å². The van der Waals surface area contributed by atoms with Crippen molar-refractivity contribution >= 4 is 63.8 Å². The van der Waals surface area contributed by atoms with Crippen molar-refractivity contribution in [1.82, 2.24) is 0 Å². The van der Waals surface area contributed by atoms with Crippen LogP contribution < -0.4 is 4.74 Å². The Balaban J connectivity index is 1.23. The second-order valence-electron chi connectivity index (χ2n) is 13.4. The molecule has 0 fully saturated rings. The molecule has 8 aromatic carbocycles. The first kappa shape index (κ1) is 27.9. The monoisotopic (exact) mass is 654 g/mol. The van der Waals surface area contributed by atoms with Crippen molar-refractivity contribution in [2.45, 2.75) is 12.0 Å². The van der Waals surface area contributed by atoms with Gasteiger partial charge in [0.2, 0.25) is 0 Å². The highest BCUT2D eigenvalue weighted by molar-refractivity contribution is 7.26. The van der Waals surface area contributed by atoms with E-state index in [-0.39, 0.29) is 12.0 Å². The fourth-order valence-corrected chi connectivity index (χ4v) is 9.93. The summed E-state index contributed by atoms with van der Waals surface area (Å²) in [6.45, 7) is 0. The fourth-order valence-electron chi connectivity index (χ4n) is 8.69. The highest BCUT2D eigenvalue weighted by Crippen LogP contribution is 2.55. The van der Waals surface area contributed by atoms with Gasteiger partial charge in [0.05, 0.1) is 0 Å². The summed E-state index contributed by atoms with van der Waals surface area (Å²) in [5.41, 5.74) is 8.75. The molecule has 0 spiro atoms. The zero-order chi connectivity index (χ0) is 32.8. The predicted molar refractivity (Wildman–Crippen MR) is 214 cm³/mol. The van der Waals surface area contributed by atoms with Crippen LogP contribution in [0, 0.1) is 0 Å². The summed E-state index contributed by atoms with van der Waals surface area (Å²) in [5, 5.41) is 10.2. The average molecular weight is 655 g/mol. The molecule has 2 heteroatoms. The van der Waals surface area contributed by atoms with E-state index in [0.29, 0.717) is 0 Å². The highest BCUT2D eigenvalue weighted by atomic mass is 32.1. The van der Waals surface area contributed by atoms with Gasteiger partial charge >= 0.3 is 0 Å². The maximum Gasteiger partial charge on any atom is 0.132 e. The van der Waals surface area contributed by atoms with Crippen molar-refractivity contribution in [2.75, 3.05) is 0 Å². The predicted octanol–water partition coefficient (Wildman–Crippen LogP) is 13.5. The minimum absolute atomic E-state index is 0.0380. The van der Waals surface area contributed by atoms with E-state index in [0.717, 1.165) is 11.3 Å². The molecule has 0 amide bonds. The van der Waals surface area contributed by atoms with Crippen LogP contribution in [0.3, 0.4) is 0 Å². The van der Waals surface area contributed by atoms with Gasteiger partial charge in [-0.2, -0.15) is 0 Å². The van der Waals surface area contributed by atoms with Gasteiger partial charge in [-0.1, -0.05) is 152 Å². The minimum Gasteiger partial charge on any atom is -0.484 e. The maximum atomic E-state index is 7.01. The molecule has 0 saturated heterocycles. The van der Waals surface area contributed by atoms with Gasteiger partial charge in [0.1, 0.15) is 11.9 Å². The van der Waals surface area contributed by atoms with E-state index in [1.54, 1.807) is 0 Å². The van der Waals surface area contributed by atoms with Gasteiger partial charge in [-0.3, -0.25) is 0 Å². The van der Waals surface area contributed by atoms with Crippen LogP contribution in [0.1, 0.15) is 11.5 Å². The average Bonchev–Trinajstić information content (AvgIpc) is 3.76. The third-order valence-electron chi connectivity index (χ3n) is 10.8. The lowest BCUT2D eigenvalue weighted by Crippen LogP contribution is -2.15. The van der Waals surface area contributed by atoms with Crippen LogP contribution in [-0.2, 0) is 0 Å². The van der Waals surface area contributed by atoms with Crippen LogP contribution in [0.2, 0.25) is 0 Å². The number of thiophene rings is 1. The van der Waals surface area contributed by atoms with Gasteiger partial charge in [-0.15, -0.1) is 11.3 Å². The van der Waals surface area contributed by atoms with Crippen LogP contribution >= 0.6 is 11.3 Å². The van der Waals surface area contributed by atoms with Crippen molar-refractivity contribution in [1.29, 1.82) is 0 Å². The number of rotatable bonds is 3. The summed E-state index contributed by atoms with van der Waals surface area (Å²) in [5.74, 6) is 1.13. The molecule has 1 aromatic heterocycles. The number of hydrogen-bond acceptors (Lipinski definition) is 2. The maximum absolute atomic E-state index is 7.01. The lowest BCUT2D eigenvalue weighted by molar-refractivity contribution is 0.270. The molecule has 0 radical (unpaired) electrons. The lowest BCUT2D eigenvalue weighted by atomic mass is 9.80. The lowest BCUT2D eigenvalue weighted by Gasteiger charge is -2.22. The van der Waals surface area contributed by atoms with Gasteiger partial charge in [-0.25, -0.2) is 0 Å². The molecule has 2 unspecified atom stereocenters. The Morgan fingerprint density at radius 1 is 0.420 bits per heavy atom. The first-order chi connectivity index (χ1) is 24.8. The van der Waals surface area contributed by atoms with Crippen LogP contribution in [0.25, 0.3) is 85.9 Å². The SMILES string of the molecule is C1=CC2Oc3c(-c4cccc5c4sc4ccccc45)ccc(-c4c5ccccc5c(-c5cccc6ccccc56)c5ccccc45)c3C2C=C1. The van der Waals surface area contributed by atoms with Gasteiger partial charge in [-0.05, 0) is 72.8 Å². The molecule has 0 bridgehead atoms. The van der Waals surface area contributed by atoms with Crippen LogP contribution in [-0.4, -0.2) is 6.10 Å². The van der Waals surface area contributed by atoms with Crippen molar-refractivity contribution in [3.8, 4) is 39.1 Å². The van der Waals surface area contributed by atoms with Crippen molar-refractivity contribution < 1.29 is 4.74 Å². The summed E-state index contributed by atoms with van der Waals surface area (Å²) in [6, 6.07) is 53.6. The fraction of sp³-hybridized carbons (Fsp3) is 0.0417. The minimum atomic E-state index is -0.0380. The molecular formula is C48H30OS. The smallest absolute Gasteiger partial charge is 0.132 e. The summed E-state index contributed by atoms with van der Waals surface area (Å²) in [4.78, 5) is 0. The molecule has 0 N–H and O–H groups in total. The Bertz CT molecular complexity index is 2860. The van der Waals surface area contributed by atoms with Crippen LogP contribution in [0.15, 0.2) is 170 Å². The quantitative estimate of drug-likeness (QED) is 0.172. The van der Waals surface area contributed by atoms with Gasteiger partial charge in [0.15, 0.2) is 0 Å². The molecule has 2 atom stereocenters. The Morgan fingerprint density at radius 2 is 0.980 bits per heavy atom. The largest absolute Gasteiger partial charge is 0.484 e. The normalized spacial score (nSPS) is 16.4. The zero-order valence-corrected chi connectivity index (χ0v) is 28.0. The summed E-state index contributed by atoms with van der Waals surface area (Å²) in [6.07, 6.45) is 8.83. The molecule has 2 heterocycles. The number of fused-ring (bicyclic) bond motifs is 9. The Morgan fingerprint density at radius 3 is 1.76 bits per heavy atom. The summed E-state index contributed by atoms with van der Waals surface area (Å²) >= 11 is 1.88. The molecule has 1 aliphatic carbocycles. The summed E-state index contributed by atoms with van der Waals surface area (Å²) < 4.78 is 9.64. The van der Waals surface area contributed by atoms with Gasteiger partial charge < -0.3 is 4.74 Å². The molecule has 0 saturated carbocycles. The molecule has 1 nitrogen and oxygen atoms in total. The zero-order valence-electron chi connectivity index (χ0n) is 27.1. The highest BCUT2D eigenvalue weighted by Gasteiger charge is 2.37. The molecule has 9 aromatic rings. The standard InChI is InChI=1S/C48H30OS/c1-2-15-30-29(13-1)14-11-22-32(30)44-33-17-3-5-19-35(33)45(36-20-6-4-18-34(36)44)41-28-27-37(47-46(41)40-21-7-9-25-42(40)49-47)39-24-12-23-38-31-16-8-10-26-43(31)50-48(38)39/h1-28,40,42H. The Labute approximate surface area is 294 Å². The first-order valence-corrected chi connectivity index (χ1v) is 18.2. The molecule has 1 aliphatic heterocycles. The van der Waals surface area contributed by atoms with Crippen molar-refractivity contribution in [2.24, 2.45) is 0 Å². The second kappa shape index (κ2) is 10.8. The van der Waals surface area contributed by atoms with E-state index in [1.807, 2.05) is 11.3 Å². The molecule has 234 valence electrons. The first-order valence-electron chi connectivity index (χ1n) is 17.3. The van der Waals surface area contributed by atoms with Crippen LogP contribution in [0.5, 0.6) is 5.75 Å². The number of benzene rings is 8. The van der Waals surface area contributed by atoms with Gasteiger partial charge in [0, 0.05) is 42.8 Å². The second-order valence-corrected chi connectivity index (χ2v) is 14.5. The molecule has 50 heavy (non-hydrogen) atoms. The Kier molecular flexibility index (Phi) is 6.02. The van der Waals surface area contributed by atoms with E-state index in [1.165, 1.54) is 85.9 Å². The van der Waals surface area contributed by atoms with E-state index >= 15 is 0 Å². The van der Waals surface area contributed by atoms with Crippen molar-refractivity contribution in [3.05, 3.63) is 175 Å². The van der Waals surface area contributed by atoms with Gasteiger partial charge in [0.25, 0.3) is 0 Å². The molecular weight excluding hydrogens is 625 g/mol. The number of ether oxygens (including phenoxy) is 1. The van der Waals surface area contributed by atoms with E-state index in [9.17, 15) is 0 Å². The number of hydrogen-bond donors (Lipinski definition) is 0. The molecule has 2 aliphatic rings.